The van der Waals surface area contributed by atoms with Crippen molar-refractivity contribution >= 4 is 23.5 Å². The monoisotopic (exact) mass is 278 g/mol. The molecule has 2 amide bonds. The summed E-state index contributed by atoms with van der Waals surface area (Å²) < 4.78 is 5.29. The lowest BCUT2D eigenvalue weighted by Gasteiger charge is -2.14. The third-order valence-corrected chi connectivity index (χ3v) is 2.71. The molecular formula is C13H14N2O5. The molecule has 2 N–H and O–H groups in total. The van der Waals surface area contributed by atoms with Gasteiger partial charge in [0.1, 0.15) is 11.3 Å². The zero-order chi connectivity index (χ0) is 14.7. The predicted octanol–water partition coefficient (Wildman–Crippen LogP) is 0.888. The molecule has 0 spiro atoms. The Balaban J connectivity index is 2.20. The summed E-state index contributed by atoms with van der Waals surface area (Å²) in [4.78, 5) is 39.6. The van der Waals surface area contributed by atoms with Gasteiger partial charge in [0.2, 0.25) is 0 Å². The molecule has 20 heavy (non-hydrogen) atoms. The number of carbonyl (C=O) groups excluding carboxylic acids is 3. The van der Waals surface area contributed by atoms with E-state index in [2.05, 4.69) is 0 Å². The first-order valence-electron chi connectivity index (χ1n) is 6.13. The number of nitrogens with two attached hydrogens (primary N) is 1. The van der Waals surface area contributed by atoms with Gasteiger partial charge in [0, 0.05) is 24.6 Å². The normalized spacial score (nSPS) is 14.6. The summed E-state index contributed by atoms with van der Waals surface area (Å²) in [5.74, 6) is -1.65. The van der Waals surface area contributed by atoms with Crippen LogP contribution in [0.15, 0.2) is 18.2 Å². The van der Waals surface area contributed by atoms with Crippen molar-refractivity contribution in [1.82, 2.24) is 5.06 Å². The minimum absolute atomic E-state index is 0.0478. The third kappa shape index (κ3) is 2.71. The fourth-order valence-corrected chi connectivity index (χ4v) is 1.77. The van der Waals surface area contributed by atoms with Crippen LogP contribution in [0.2, 0.25) is 0 Å². The number of hydroxylamine groups is 2. The fourth-order valence-electron chi connectivity index (χ4n) is 1.77. The molecule has 1 aliphatic rings. The van der Waals surface area contributed by atoms with Crippen molar-refractivity contribution in [3.63, 3.8) is 0 Å². The van der Waals surface area contributed by atoms with E-state index >= 15 is 0 Å². The number of imide groups is 1. The Morgan fingerprint density at radius 1 is 1.30 bits per heavy atom. The molecule has 0 atom stereocenters. The number of ether oxygens (including phenoxy) is 1. The summed E-state index contributed by atoms with van der Waals surface area (Å²) >= 11 is 0. The number of anilines is 1. The summed E-state index contributed by atoms with van der Waals surface area (Å²) in [5.41, 5.74) is 6.15. The van der Waals surface area contributed by atoms with Crippen molar-refractivity contribution in [1.29, 1.82) is 0 Å². The van der Waals surface area contributed by atoms with Gasteiger partial charge in [-0.05, 0) is 19.1 Å². The number of nitrogens with zero attached hydrogens (tertiary/aromatic N) is 1. The second-order valence-electron chi connectivity index (χ2n) is 4.15. The van der Waals surface area contributed by atoms with Crippen molar-refractivity contribution in [2.45, 2.75) is 19.8 Å². The zero-order valence-electron chi connectivity index (χ0n) is 10.9. The van der Waals surface area contributed by atoms with E-state index in [1.165, 1.54) is 18.2 Å². The zero-order valence-corrected chi connectivity index (χ0v) is 10.9. The van der Waals surface area contributed by atoms with E-state index in [1.807, 2.05) is 0 Å². The van der Waals surface area contributed by atoms with Gasteiger partial charge in [-0.3, -0.25) is 9.59 Å². The lowest BCUT2D eigenvalue weighted by atomic mass is 10.2. The molecule has 0 aliphatic carbocycles. The summed E-state index contributed by atoms with van der Waals surface area (Å²) in [6.45, 7) is 2.09. The van der Waals surface area contributed by atoms with E-state index in [4.69, 9.17) is 15.3 Å². The van der Waals surface area contributed by atoms with E-state index < -0.39 is 17.8 Å². The van der Waals surface area contributed by atoms with E-state index in [1.54, 1.807) is 6.92 Å². The minimum Gasteiger partial charge on any atom is -0.493 e. The van der Waals surface area contributed by atoms with Gasteiger partial charge in [-0.1, -0.05) is 0 Å². The number of hydrogen-bond acceptors (Lipinski definition) is 6. The number of nitrogen functional groups attached to an aromatic ring is 1. The van der Waals surface area contributed by atoms with Gasteiger partial charge < -0.3 is 15.3 Å². The summed E-state index contributed by atoms with van der Waals surface area (Å²) in [7, 11) is 0. The van der Waals surface area contributed by atoms with Crippen molar-refractivity contribution in [3.8, 4) is 5.75 Å². The molecule has 1 saturated heterocycles. The van der Waals surface area contributed by atoms with Crippen LogP contribution < -0.4 is 10.5 Å². The smallest absolute Gasteiger partial charge is 0.367 e. The number of carbonyl (C=O) groups is 3. The van der Waals surface area contributed by atoms with E-state index in [0.717, 1.165) is 0 Å². The molecule has 7 nitrogen and oxygen atoms in total. The number of benzene rings is 1. The first kappa shape index (κ1) is 13.9. The fraction of sp³-hybridized carbons (Fsp3) is 0.308. The number of hydrogen-bond donors (Lipinski definition) is 1. The number of rotatable bonds is 4. The van der Waals surface area contributed by atoms with Gasteiger partial charge >= 0.3 is 5.97 Å². The Bertz CT molecular complexity index is 554. The van der Waals surface area contributed by atoms with Crippen molar-refractivity contribution in [2.75, 3.05) is 12.3 Å². The van der Waals surface area contributed by atoms with Gasteiger partial charge in [-0.2, -0.15) is 0 Å². The molecular weight excluding hydrogens is 264 g/mol. The van der Waals surface area contributed by atoms with Crippen molar-refractivity contribution in [2.24, 2.45) is 0 Å². The van der Waals surface area contributed by atoms with Crippen LogP contribution in [0.1, 0.15) is 30.1 Å². The summed E-state index contributed by atoms with van der Waals surface area (Å²) in [5, 5.41) is 0.494. The molecule has 1 aromatic rings. The molecule has 106 valence electrons. The van der Waals surface area contributed by atoms with Gasteiger partial charge in [0.05, 0.1) is 6.61 Å². The Labute approximate surface area is 115 Å². The van der Waals surface area contributed by atoms with Gasteiger partial charge in [-0.15, -0.1) is 5.06 Å². The van der Waals surface area contributed by atoms with Crippen molar-refractivity contribution < 1.29 is 24.0 Å². The van der Waals surface area contributed by atoms with Crippen LogP contribution in [-0.4, -0.2) is 29.5 Å². The molecule has 0 bridgehead atoms. The molecule has 0 saturated carbocycles. The van der Waals surface area contributed by atoms with Crippen LogP contribution in [0.25, 0.3) is 0 Å². The molecule has 0 radical (unpaired) electrons. The Morgan fingerprint density at radius 2 is 1.95 bits per heavy atom. The lowest BCUT2D eigenvalue weighted by Crippen LogP contribution is -2.32. The molecule has 7 heteroatoms. The quantitative estimate of drug-likeness (QED) is 0.648. The number of amides is 2. The molecule has 0 unspecified atom stereocenters. The van der Waals surface area contributed by atoms with Crippen LogP contribution in [-0.2, 0) is 14.4 Å². The maximum Gasteiger partial charge on any atom is 0.367 e. The Kier molecular flexibility index (Phi) is 3.88. The second-order valence-corrected chi connectivity index (χ2v) is 4.15. The minimum atomic E-state index is -0.836. The van der Waals surface area contributed by atoms with Crippen LogP contribution >= 0.6 is 0 Å². The van der Waals surface area contributed by atoms with Gasteiger partial charge in [0.15, 0.2) is 0 Å². The molecule has 2 rings (SSSR count). The highest BCUT2D eigenvalue weighted by atomic mass is 16.7. The largest absolute Gasteiger partial charge is 0.493 e. The molecule has 1 aliphatic heterocycles. The second kappa shape index (κ2) is 5.60. The van der Waals surface area contributed by atoms with Gasteiger partial charge in [-0.25, -0.2) is 4.79 Å². The highest BCUT2D eigenvalue weighted by molar-refractivity contribution is 6.03. The first-order valence-corrected chi connectivity index (χ1v) is 6.13. The van der Waals surface area contributed by atoms with Crippen LogP contribution in [0, 0.1) is 0 Å². The summed E-state index contributed by atoms with van der Waals surface area (Å²) in [6, 6.07) is 4.41. The van der Waals surface area contributed by atoms with E-state index in [-0.39, 0.29) is 24.2 Å². The Hall–Kier alpha value is -2.57. The molecule has 0 aromatic heterocycles. The maximum absolute atomic E-state index is 12.0. The third-order valence-electron chi connectivity index (χ3n) is 2.71. The summed E-state index contributed by atoms with van der Waals surface area (Å²) in [6.07, 6.45) is 0.0956. The first-order chi connectivity index (χ1) is 9.52. The lowest BCUT2D eigenvalue weighted by molar-refractivity contribution is -0.172. The Morgan fingerprint density at radius 3 is 2.55 bits per heavy atom. The maximum atomic E-state index is 12.0. The highest BCUT2D eigenvalue weighted by Crippen LogP contribution is 2.24. The predicted molar refractivity (Wildman–Crippen MR) is 68.5 cm³/mol. The van der Waals surface area contributed by atoms with Crippen LogP contribution in [0.4, 0.5) is 5.69 Å². The van der Waals surface area contributed by atoms with E-state index in [0.29, 0.717) is 17.4 Å². The van der Waals surface area contributed by atoms with E-state index in [9.17, 15) is 14.4 Å². The standard InChI is InChI=1S/C13H14N2O5/c1-2-19-10-7-8(14)3-4-9(10)13(18)20-15-11(16)5-6-12(15)17/h3-4,7H,2,5-6,14H2,1H3. The SMILES string of the molecule is CCOc1cc(N)ccc1C(=O)ON1C(=O)CCC1=O. The molecule has 1 aromatic carbocycles. The van der Waals surface area contributed by atoms with Gasteiger partial charge in [0.25, 0.3) is 11.8 Å². The molecule has 1 fully saturated rings. The van der Waals surface area contributed by atoms with Crippen LogP contribution in [0.3, 0.4) is 0 Å². The van der Waals surface area contributed by atoms with Crippen LogP contribution in [0.5, 0.6) is 5.75 Å². The average Bonchev–Trinajstić information content (AvgIpc) is 2.71. The average molecular weight is 278 g/mol. The van der Waals surface area contributed by atoms with Crippen molar-refractivity contribution in [3.05, 3.63) is 23.8 Å². The highest BCUT2D eigenvalue weighted by Gasteiger charge is 2.33. The topological polar surface area (TPSA) is 98.9 Å². The molecule has 1 heterocycles.